The summed E-state index contributed by atoms with van der Waals surface area (Å²) in [6.07, 6.45) is 1.05. The number of rotatable bonds is 6. The smallest absolute Gasteiger partial charge is 0.219 e. The third-order valence-electron chi connectivity index (χ3n) is 2.72. The fourth-order valence-electron chi connectivity index (χ4n) is 1.77. The minimum atomic E-state index is -0.439. The molecule has 0 radical (unpaired) electrons. The van der Waals surface area contributed by atoms with E-state index in [1.807, 2.05) is 6.92 Å². The second-order valence-corrected chi connectivity index (χ2v) is 5.80. The van der Waals surface area contributed by atoms with Crippen LogP contribution in [0.25, 0.3) is 0 Å². The highest BCUT2D eigenvalue weighted by atomic mass is 32.2. The molecule has 1 heterocycles. The van der Waals surface area contributed by atoms with Crippen molar-refractivity contribution in [3.05, 3.63) is 11.3 Å². The number of Topliss-reactive ketones (excluding diaryl/α,β-unsaturated/α-hetero) is 1. The van der Waals surface area contributed by atoms with Gasteiger partial charge in [-0.05, 0) is 27.2 Å². The molecule has 1 atom stereocenters. The molecule has 0 saturated carbocycles. The van der Waals surface area contributed by atoms with Gasteiger partial charge in [-0.2, -0.15) is 0 Å². The van der Waals surface area contributed by atoms with E-state index in [1.165, 1.54) is 18.9 Å². The van der Waals surface area contributed by atoms with Gasteiger partial charge in [0.15, 0.2) is 6.79 Å². The maximum Gasteiger partial charge on any atom is 0.219 e. The molecule has 1 unspecified atom stereocenters. The topological polar surface area (TPSA) is 52.6 Å². The number of ketones is 1. The first-order valence-corrected chi connectivity index (χ1v) is 6.28. The van der Waals surface area contributed by atoms with E-state index in [9.17, 15) is 9.59 Å². The zero-order chi connectivity index (χ0) is 13.1. The van der Waals surface area contributed by atoms with Crippen molar-refractivity contribution in [2.75, 3.05) is 13.9 Å². The summed E-state index contributed by atoms with van der Waals surface area (Å²) in [6.45, 7) is 5.35. The van der Waals surface area contributed by atoms with Crippen LogP contribution in [0, 0.1) is 0 Å². The maximum atomic E-state index is 11.7. The first-order chi connectivity index (χ1) is 7.90. The standard InChI is InChI=1S/C12H18O4S/c1-8(13)5-6-12(3)10(16-7-15-4)9(2)11(14)17-12/h5-7H2,1-4H3. The molecule has 96 valence electrons. The van der Waals surface area contributed by atoms with Crippen LogP contribution in [0.4, 0.5) is 0 Å². The third kappa shape index (κ3) is 3.33. The lowest BCUT2D eigenvalue weighted by atomic mass is 9.98. The molecule has 0 fully saturated rings. The van der Waals surface area contributed by atoms with Gasteiger partial charge in [-0.3, -0.25) is 4.79 Å². The molecule has 1 rings (SSSR count). The lowest BCUT2D eigenvalue weighted by Crippen LogP contribution is -2.24. The summed E-state index contributed by atoms with van der Waals surface area (Å²) >= 11 is 1.23. The number of hydrogen-bond acceptors (Lipinski definition) is 5. The summed E-state index contributed by atoms with van der Waals surface area (Å²) in [6, 6.07) is 0. The van der Waals surface area contributed by atoms with Gasteiger partial charge >= 0.3 is 0 Å². The Morgan fingerprint density at radius 3 is 2.65 bits per heavy atom. The predicted octanol–water partition coefficient (Wildman–Crippen LogP) is 2.28. The van der Waals surface area contributed by atoms with Gasteiger partial charge < -0.3 is 14.3 Å². The number of carbonyl (C=O) groups is 2. The average molecular weight is 258 g/mol. The van der Waals surface area contributed by atoms with Crippen molar-refractivity contribution >= 4 is 22.7 Å². The predicted molar refractivity (Wildman–Crippen MR) is 66.6 cm³/mol. The Labute approximate surface area is 106 Å². The van der Waals surface area contributed by atoms with Crippen LogP contribution in [-0.2, 0) is 19.1 Å². The quantitative estimate of drug-likeness (QED) is 0.684. The zero-order valence-corrected chi connectivity index (χ0v) is 11.5. The van der Waals surface area contributed by atoms with Crippen LogP contribution in [0.2, 0.25) is 0 Å². The minimum Gasteiger partial charge on any atom is -0.470 e. The summed E-state index contributed by atoms with van der Waals surface area (Å²) < 4.78 is 9.91. The van der Waals surface area contributed by atoms with Crippen LogP contribution in [0.3, 0.4) is 0 Å². The molecular weight excluding hydrogens is 240 g/mol. The zero-order valence-electron chi connectivity index (χ0n) is 10.7. The Kier molecular flexibility index (Phi) is 4.77. The molecule has 0 saturated heterocycles. The Morgan fingerprint density at radius 2 is 2.12 bits per heavy atom. The summed E-state index contributed by atoms with van der Waals surface area (Å²) in [7, 11) is 1.53. The Hall–Kier alpha value is -0.810. The summed E-state index contributed by atoms with van der Waals surface area (Å²) in [5, 5.41) is 0.0159. The van der Waals surface area contributed by atoms with Gasteiger partial charge in [-0.15, -0.1) is 0 Å². The van der Waals surface area contributed by atoms with E-state index in [4.69, 9.17) is 9.47 Å². The highest BCUT2D eigenvalue weighted by Gasteiger charge is 2.43. The van der Waals surface area contributed by atoms with Gasteiger partial charge in [0.1, 0.15) is 11.5 Å². The van der Waals surface area contributed by atoms with Gasteiger partial charge in [0.05, 0.1) is 4.75 Å². The number of methoxy groups -OCH3 is 1. The van der Waals surface area contributed by atoms with Crippen LogP contribution < -0.4 is 0 Å². The van der Waals surface area contributed by atoms with Gasteiger partial charge in [0, 0.05) is 19.1 Å². The number of thioether (sulfide) groups is 1. The normalized spacial score (nSPS) is 24.4. The third-order valence-corrected chi connectivity index (χ3v) is 4.05. The summed E-state index contributed by atoms with van der Waals surface area (Å²) in [4.78, 5) is 22.8. The lowest BCUT2D eigenvalue weighted by molar-refractivity contribution is -0.117. The second-order valence-electron chi connectivity index (χ2n) is 4.33. The second kappa shape index (κ2) is 5.69. The SMILES string of the molecule is COCOC1=C(C)C(=O)SC1(C)CCC(C)=O. The molecule has 0 aromatic rings. The van der Waals surface area contributed by atoms with E-state index < -0.39 is 4.75 Å². The molecule has 0 aromatic carbocycles. The number of ether oxygens (including phenoxy) is 2. The van der Waals surface area contributed by atoms with Gasteiger partial charge in [0.2, 0.25) is 5.12 Å². The molecule has 5 heteroatoms. The highest BCUT2D eigenvalue weighted by molar-refractivity contribution is 8.15. The molecule has 0 aromatic heterocycles. The van der Waals surface area contributed by atoms with Crippen molar-refractivity contribution in [3.63, 3.8) is 0 Å². The van der Waals surface area contributed by atoms with E-state index in [1.54, 1.807) is 13.8 Å². The molecule has 0 amide bonds. The van der Waals surface area contributed by atoms with E-state index >= 15 is 0 Å². The summed E-state index contributed by atoms with van der Waals surface area (Å²) in [5.41, 5.74) is 0.623. The Bertz CT molecular complexity index is 362. The number of hydrogen-bond donors (Lipinski definition) is 0. The fraction of sp³-hybridized carbons (Fsp3) is 0.667. The van der Waals surface area contributed by atoms with E-state index in [2.05, 4.69) is 0 Å². The Balaban J connectivity index is 2.83. The van der Waals surface area contributed by atoms with Crippen molar-refractivity contribution in [1.82, 2.24) is 0 Å². The van der Waals surface area contributed by atoms with Crippen LogP contribution >= 0.6 is 11.8 Å². The molecule has 17 heavy (non-hydrogen) atoms. The van der Waals surface area contributed by atoms with Crippen molar-refractivity contribution in [2.24, 2.45) is 0 Å². The Morgan fingerprint density at radius 1 is 1.47 bits per heavy atom. The highest BCUT2D eigenvalue weighted by Crippen LogP contribution is 2.46. The molecule has 4 nitrogen and oxygen atoms in total. The van der Waals surface area contributed by atoms with Crippen molar-refractivity contribution in [3.8, 4) is 0 Å². The number of carbonyl (C=O) groups excluding carboxylic acids is 2. The summed E-state index contributed by atoms with van der Waals surface area (Å²) in [5.74, 6) is 0.769. The van der Waals surface area contributed by atoms with E-state index in [-0.39, 0.29) is 17.7 Å². The molecule has 0 aliphatic carbocycles. The average Bonchev–Trinajstić information content (AvgIpc) is 2.46. The van der Waals surface area contributed by atoms with E-state index in [0.29, 0.717) is 24.2 Å². The molecule has 0 N–H and O–H groups in total. The molecule has 0 spiro atoms. The maximum absolute atomic E-state index is 11.7. The lowest BCUT2D eigenvalue weighted by Gasteiger charge is -2.25. The largest absolute Gasteiger partial charge is 0.470 e. The van der Waals surface area contributed by atoms with Crippen LogP contribution in [0.1, 0.15) is 33.6 Å². The first-order valence-electron chi connectivity index (χ1n) is 5.46. The van der Waals surface area contributed by atoms with Crippen LogP contribution in [0.15, 0.2) is 11.3 Å². The molecular formula is C12H18O4S. The van der Waals surface area contributed by atoms with Gasteiger partial charge in [0.25, 0.3) is 0 Å². The van der Waals surface area contributed by atoms with Crippen LogP contribution in [-0.4, -0.2) is 29.5 Å². The molecule has 1 aliphatic rings. The van der Waals surface area contributed by atoms with Gasteiger partial charge in [-0.1, -0.05) is 11.8 Å². The van der Waals surface area contributed by atoms with Gasteiger partial charge in [-0.25, -0.2) is 0 Å². The molecule has 1 aliphatic heterocycles. The minimum absolute atomic E-state index is 0.0159. The van der Waals surface area contributed by atoms with Crippen molar-refractivity contribution in [1.29, 1.82) is 0 Å². The molecule has 0 bridgehead atoms. The van der Waals surface area contributed by atoms with Crippen molar-refractivity contribution in [2.45, 2.75) is 38.4 Å². The monoisotopic (exact) mass is 258 g/mol. The fourth-order valence-corrected chi connectivity index (χ4v) is 2.94. The van der Waals surface area contributed by atoms with E-state index in [0.717, 1.165) is 0 Å². The first kappa shape index (κ1) is 14.3. The van der Waals surface area contributed by atoms with Crippen molar-refractivity contribution < 1.29 is 19.1 Å². The van der Waals surface area contributed by atoms with Crippen LogP contribution in [0.5, 0.6) is 0 Å².